The fraction of sp³-hybridized carbons (Fsp3) is 0.400. The second kappa shape index (κ2) is 5.78. The van der Waals surface area contributed by atoms with E-state index in [1.54, 1.807) is 18.2 Å². The van der Waals surface area contributed by atoms with Crippen molar-refractivity contribution in [3.63, 3.8) is 0 Å². The number of ether oxygens (including phenoxy) is 1. The minimum atomic E-state index is -0.235. The zero-order chi connectivity index (χ0) is 16.8. The van der Waals surface area contributed by atoms with Crippen LogP contribution in [0.5, 0.6) is 11.5 Å². The van der Waals surface area contributed by atoms with Crippen molar-refractivity contribution in [3.8, 4) is 22.6 Å². The summed E-state index contributed by atoms with van der Waals surface area (Å²) in [5, 5.41) is 10.6. The second-order valence-corrected chi connectivity index (χ2v) is 6.68. The first-order chi connectivity index (χ1) is 11.6. The Morgan fingerprint density at radius 3 is 2.88 bits per heavy atom. The van der Waals surface area contributed by atoms with E-state index in [9.17, 15) is 9.50 Å². The lowest BCUT2D eigenvalue weighted by Crippen LogP contribution is -2.39. The van der Waals surface area contributed by atoms with Gasteiger partial charge in [0.15, 0.2) is 11.5 Å². The van der Waals surface area contributed by atoms with E-state index in [2.05, 4.69) is 11.8 Å². The number of aromatic hydroxyl groups is 1. The Labute approximate surface area is 141 Å². The number of phenolic OH excluding ortho intramolecular Hbond substituents is 1. The first-order valence-electron chi connectivity index (χ1n) is 8.59. The average molecular weight is 327 g/mol. The van der Waals surface area contributed by atoms with E-state index in [1.807, 2.05) is 6.07 Å². The van der Waals surface area contributed by atoms with Crippen molar-refractivity contribution in [2.75, 3.05) is 20.2 Å². The van der Waals surface area contributed by atoms with E-state index < -0.39 is 0 Å². The largest absolute Gasteiger partial charge is 0.504 e. The summed E-state index contributed by atoms with van der Waals surface area (Å²) >= 11 is 0. The number of hydrogen-bond donors (Lipinski definition) is 1. The Bertz CT molecular complexity index is 803. The summed E-state index contributed by atoms with van der Waals surface area (Å²) in [7, 11) is 1.54. The lowest BCUT2D eigenvalue weighted by molar-refractivity contribution is 0.182. The number of methoxy groups -OCH3 is 1. The van der Waals surface area contributed by atoms with Crippen molar-refractivity contribution in [1.29, 1.82) is 0 Å². The SMILES string of the molecule is CCCN1CCc2cc(F)cc3c2[C@H]1Cc1ccc(OC)c(O)c1-3. The number of benzene rings is 2. The first-order valence-corrected chi connectivity index (χ1v) is 8.59. The molecule has 0 aromatic heterocycles. The fourth-order valence-electron chi connectivity index (χ4n) is 4.33. The smallest absolute Gasteiger partial charge is 0.165 e. The highest BCUT2D eigenvalue weighted by Gasteiger charge is 2.36. The molecule has 1 atom stereocenters. The van der Waals surface area contributed by atoms with Crippen LogP contribution < -0.4 is 4.74 Å². The van der Waals surface area contributed by atoms with E-state index in [0.29, 0.717) is 5.75 Å². The minimum absolute atomic E-state index is 0.119. The summed E-state index contributed by atoms with van der Waals surface area (Å²) < 4.78 is 19.5. The van der Waals surface area contributed by atoms with Crippen molar-refractivity contribution >= 4 is 0 Å². The van der Waals surface area contributed by atoms with Gasteiger partial charge in [0.1, 0.15) is 5.82 Å². The number of rotatable bonds is 3. The van der Waals surface area contributed by atoms with Crippen molar-refractivity contribution in [3.05, 3.63) is 46.8 Å². The average Bonchev–Trinajstić information content (AvgIpc) is 2.57. The predicted molar refractivity (Wildman–Crippen MR) is 92.1 cm³/mol. The van der Waals surface area contributed by atoms with Gasteiger partial charge in [0.2, 0.25) is 0 Å². The zero-order valence-electron chi connectivity index (χ0n) is 14.1. The number of nitrogens with zero attached hydrogens (tertiary/aromatic N) is 1. The molecule has 0 fully saturated rings. The molecule has 3 nitrogen and oxygen atoms in total. The molecular formula is C20H22FNO2. The third-order valence-electron chi connectivity index (χ3n) is 5.31. The summed E-state index contributed by atoms with van der Waals surface area (Å²) in [4.78, 5) is 2.49. The van der Waals surface area contributed by atoms with Gasteiger partial charge < -0.3 is 9.84 Å². The van der Waals surface area contributed by atoms with Crippen LogP contribution in [0.4, 0.5) is 4.39 Å². The van der Waals surface area contributed by atoms with Gasteiger partial charge in [0.05, 0.1) is 7.11 Å². The molecule has 0 saturated carbocycles. The van der Waals surface area contributed by atoms with Crippen LogP contribution >= 0.6 is 0 Å². The van der Waals surface area contributed by atoms with Crippen molar-refractivity contribution in [2.45, 2.75) is 32.2 Å². The molecule has 1 N–H and O–H groups in total. The lowest BCUT2D eigenvalue weighted by Gasteiger charge is -2.41. The van der Waals surface area contributed by atoms with Crippen molar-refractivity contribution < 1.29 is 14.2 Å². The Morgan fingerprint density at radius 1 is 1.29 bits per heavy atom. The van der Waals surface area contributed by atoms with E-state index in [-0.39, 0.29) is 17.6 Å². The highest BCUT2D eigenvalue weighted by atomic mass is 19.1. The number of halogens is 1. The Kier molecular flexibility index (Phi) is 3.72. The maximum Gasteiger partial charge on any atom is 0.165 e. The van der Waals surface area contributed by atoms with Crippen molar-refractivity contribution in [1.82, 2.24) is 4.90 Å². The summed E-state index contributed by atoms with van der Waals surface area (Å²) in [6.45, 7) is 4.19. The maximum atomic E-state index is 14.2. The Hall–Kier alpha value is -2.07. The van der Waals surface area contributed by atoms with Gasteiger partial charge in [0, 0.05) is 18.2 Å². The molecule has 1 aliphatic heterocycles. The fourth-order valence-corrected chi connectivity index (χ4v) is 4.33. The van der Waals surface area contributed by atoms with Crippen LogP contribution in [-0.2, 0) is 12.8 Å². The molecular weight excluding hydrogens is 305 g/mol. The summed E-state index contributed by atoms with van der Waals surface area (Å²) in [5.41, 5.74) is 4.89. The van der Waals surface area contributed by atoms with Crippen LogP contribution in [0, 0.1) is 5.82 Å². The van der Waals surface area contributed by atoms with Crippen molar-refractivity contribution in [2.24, 2.45) is 0 Å². The Morgan fingerprint density at radius 2 is 2.12 bits per heavy atom. The molecule has 0 radical (unpaired) electrons. The van der Waals surface area contributed by atoms with Crippen LogP contribution in [0.1, 0.15) is 36.1 Å². The summed E-state index contributed by atoms with van der Waals surface area (Å²) in [5.74, 6) is 0.321. The molecule has 2 aliphatic rings. The van der Waals surface area contributed by atoms with Gasteiger partial charge in [-0.15, -0.1) is 0 Å². The second-order valence-electron chi connectivity index (χ2n) is 6.68. The zero-order valence-corrected chi connectivity index (χ0v) is 14.1. The molecule has 4 heteroatoms. The predicted octanol–water partition coefficient (Wildman–Crippen LogP) is 4.07. The van der Waals surface area contributed by atoms with E-state index in [4.69, 9.17) is 4.74 Å². The standard InChI is InChI=1S/C20H22FNO2/c1-3-7-22-8-6-13-9-14(21)11-15-18(13)16(22)10-12-4-5-17(24-2)20(23)19(12)15/h4-5,9,11,16,23H,3,6-8,10H2,1-2H3/t16-/m1/s1. The molecule has 126 valence electrons. The maximum absolute atomic E-state index is 14.2. The summed E-state index contributed by atoms with van der Waals surface area (Å²) in [6.07, 6.45) is 2.80. The van der Waals surface area contributed by atoms with Crippen LogP contribution in [0.2, 0.25) is 0 Å². The molecule has 0 unspecified atom stereocenters. The van der Waals surface area contributed by atoms with Gasteiger partial charge in [-0.05, 0) is 66.3 Å². The molecule has 2 aromatic carbocycles. The third kappa shape index (κ3) is 2.20. The highest BCUT2D eigenvalue weighted by Crippen LogP contribution is 2.50. The number of hydrogen-bond acceptors (Lipinski definition) is 3. The molecule has 24 heavy (non-hydrogen) atoms. The normalized spacial score (nSPS) is 18.9. The topological polar surface area (TPSA) is 32.7 Å². The first kappa shape index (κ1) is 15.5. The van der Waals surface area contributed by atoms with Crippen LogP contribution in [-0.4, -0.2) is 30.2 Å². The molecule has 2 aromatic rings. The van der Waals surface area contributed by atoms with Gasteiger partial charge in [-0.2, -0.15) is 0 Å². The minimum Gasteiger partial charge on any atom is -0.504 e. The monoisotopic (exact) mass is 327 g/mol. The molecule has 4 rings (SSSR count). The highest BCUT2D eigenvalue weighted by molar-refractivity contribution is 5.82. The molecule has 1 aliphatic carbocycles. The van der Waals surface area contributed by atoms with E-state index >= 15 is 0 Å². The van der Waals surface area contributed by atoms with Gasteiger partial charge in [-0.3, -0.25) is 4.90 Å². The molecule has 0 spiro atoms. The lowest BCUT2D eigenvalue weighted by atomic mass is 9.76. The van der Waals surface area contributed by atoms with Gasteiger partial charge in [-0.1, -0.05) is 13.0 Å². The van der Waals surface area contributed by atoms with Crippen LogP contribution in [0.15, 0.2) is 24.3 Å². The molecule has 0 bridgehead atoms. The third-order valence-corrected chi connectivity index (χ3v) is 5.31. The van der Waals surface area contributed by atoms with Gasteiger partial charge in [-0.25, -0.2) is 4.39 Å². The molecule has 1 heterocycles. The molecule has 0 saturated heterocycles. The van der Waals surface area contributed by atoms with E-state index in [1.165, 1.54) is 12.7 Å². The van der Waals surface area contributed by atoms with E-state index in [0.717, 1.165) is 54.6 Å². The quantitative estimate of drug-likeness (QED) is 0.922. The number of fused-ring (bicyclic) bond motifs is 2. The summed E-state index contributed by atoms with van der Waals surface area (Å²) in [6, 6.07) is 7.30. The molecule has 0 amide bonds. The van der Waals surface area contributed by atoms with Crippen LogP contribution in [0.25, 0.3) is 11.1 Å². The number of phenols is 1. The Balaban J connectivity index is 1.96. The van der Waals surface area contributed by atoms with Gasteiger partial charge in [0.25, 0.3) is 0 Å². The van der Waals surface area contributed by atoms with Crippen LogP contribution in [0.3, 0.4) is 0 Å². The van der Waals surface area contributed by atoms with Gasteiger partial charge >= 0.3 is 0 Å².